The molecule has 0 heterocycles. The van der Waals surface area contributed by atoms with Crippen molar-refractivity contribution in [1.29, 1.82) is 0 Å². The van der Waals surface area contributed by atoms with Gasteiger partial charge in [0.05, 0.1) is 6.04 Å². The maximum absolute atomic E-state index is 12.4. The third-order valence-electron chi connectivity index (χ3n) is 5.24. The van der Waals surface area contributed by atoms with Crippen LogP contribution in [0.2, 0.25) is 0 Å². The van der Waals surface area contributed by atoms with E-state index in [2.05, 4.69) is 28.8 Å². The zero-order valence-electron chi connectivity index (χ0n) is 16.4. The molecule has 0 aromatic heterocycles. The number of rotatable bonds is 5. The van der Waals surface area contributed by atoms with Crippen LogP contribution >= 0.6 is 0 Å². The molecule has 5 nitrogen and oxygen atoms in total. The van der Waals surface area contributed by atoms with Gasteiger partial charge in [0.2, 0.25) is 0 Å². The number of carbonyl (C=O) groups is 3. The molecule has 2 aromatic rings. The first-order valence-electron chi connectivity index (χ1n) is 9.82. The second kappa shape index (κ2) is 8.83. The van der Waals surface area contributed by atoms with Gasteiger partial charge >= 0.3 is 11.8 Å². The minimum atomic E-state index is -0.716. The van der Waals surface area contributed by atoms with Crippen LogP contribution in [0.4, 0.5) is 5.69 Å². The van der Waals surface area contributed by atoms with Crippen LogP contribution in [-0.4, -0.2) is 17.6 Å². The van der Waals surface area contributed by atoms with Gasteiger partial charge in [0.15, 0.2) is 5.78 Å². The number of amides is 2. The van der Waals surface area contributed by atoms with E-state index in [0.29, 0.717) is 17.7 Å². The van der Waals surface area contributed by atoms with Gasteiger partial charge in [0, 0.05) is 11.3 Å². The van der Waals surface area contributed by atoms with Crippen LogP contribution in [0.5, 0.6) is 0 Å². The van der Waals surface area contributed by atoms with Crippen molar-refractivity contribution in [2.75, 3.05) is 5.32 Å². The van der Waals surface area contributed by atoms with Crippen molar-refractivity contribution in [3.8, 4) is 0 Å². The molecule has 28 heavy (non-hydrogen) atoms. The average Bonchev–Trinajstić information content (AvgIpc) is 2.71. The lowest BCUT2D eigenvalue weighted by atomic mass is 9.89. The van der Waals surface area contributed by atoms with Crippen molar-refractivity contribution >= 4 is 23.3 Å². The maximum Gasteiger partial charge on any atom is 0.313 e. The number of nitrogens with one attached hydrogen (secondary N) is 2. The molecule has 2 amide bonds. The number of hydrogen-bond acceptors (Lipinski definition) is 3. The summed E-state index contributed by atoms with van der Waals surface area (Å²) in [6.45, 7) is 3.47. The van der Waals surface area contributed by atoms with Gasteiger partial charge in [-0.1, -0.05) is 25.1 Å². The smallest absolute Gasteiger partial charge is 0.313 e. The van der Waals surface area contributed by atoms with Crippen LogP contribution in [0.1, 0.15) is 66.2 Å². The summed E-state index contributed by atoms with van der Waals surface area (Å²) in [7, 11) is 0. The molecule has 146 valence electrons. The van der Waals surface area contributed by atoms with E-state index in [1.807, 2.05) is 6.92 Å². The molecule has 0 fully saturated rings. The predicted molar refractivity (Wildman–Crippen MR) is 109 cm³/mol. The molecule has 0 radical (unpaired) electrons. The molecule has 2 N–H and O–H groups in total. The number of carbonyl (C=O) groups excluding carboxylic acids is 3. The Kier molecular flexibility index (Phi) is 6.24. The molecule has 1 aliphatic carbocycles. The normalized spacial score (nSPS) is 13.9. The first-order chi connectivity index (χ1) is 13.5. The molecule has 0 bridgehead atoms. The van der Waals surface area contributed by atoms with E-state index in [1.165, 1.54) is 30.9 Å². The van der Waals surface area contributed by atoms with Crippen molar-refractivity contribution in [2.24, 2.45) is 0 Å². The number of anilines is 1. The van der Waals surface area contributed by atoms with Crippen LogP contribution in [0.3, 0.4) is 0 Å². The van der Waals surface area contributed by atoms with E-state index in [4.69, 9.17) is 0 Å². The second-order valence-corrected chi connectivity index (χ2v) is 7.26. The Hall–Kier alpha value is -2.95. The first-order valence-corrected chi connectivity index (χ1v) is 9.82. The number of Topliss-reactive ketones (excluding diaryl/α,β-unsaturated/α-hetero) is 1. The summed E-state index contributed by atoms with van der Waals surface area (Å²) in [5.41, 5.74) is 4.82. The van der Waals surface area contributed by atoms with Gasteiger partial charge < -0.3 is 10.6 Å². The van der Waals surface area contributed by atoms with E-state index in [-0.39, 0.29) is 11.8 Å². The standard InChI is InChI=1S/C23H26N2O3/c1-3-21(19-9-8-17-6-4-5-7-18(17)14-19)25-23(28)22(27)24-20-12-10-16(11-13-20)15(2)26/h8-14,21H,3-7H2,1-2H3,(H,24,27)(H,25,28). The van der Waals surface area contributed by atoms with Crippen LogP contribution < -0.4 is 10.6 Å². The molecular weight excluding hydrogens is 352 g/mol. The monoisotopic (exact) mass is 378 g/mol. The average molecular weight is 378 g/mol. The lowest BCUT2D eigenvalue weighted by Gasteiger charge is -2.21. The maximum atomic E-state index is 12.4. The fourth-order valence-electron chi connectivity index (χ4n) is 3.59. The zero-order chi connectivity index (χ0) is 20.1. The molecule has 1 unspecified atom stereocenters. The minimum absolute atomic E-state index is 0.0496. The summed E-state index contributed by atoms with van der Waals surface area (Å²) >= 11 is 0. The third-order valence-corrected chi connectivity index (χ3v) is 5.24. The third kappa shape index (κ3) is 4.66. The Labute approximate surface area is 165 Å². The predicted octanol–water partition coefficient (Wildman–Crippen LogP) is 3.97. The van der Waals surface area contributed by atoms with Gasteiger partial charge in [0.25, 0.3) is 0 Å². The van der Waals surface area contributed by atoms with Gasteiger partial charge in [-0.2, -0.15) is 0 Å². The summed E-state index contributed by atoms with van der Waals surface area (Å²) in [6.07, 6.45) is 5.32. The minimum Gasteiger partial charge on any atom is -0.341 e. The number of fused-ring (bicyclic) bond motifs is 1. The highest BCUT2D eigenvalue weighted by molar-refractivity contribution is 6.39. The summed E-state index contributed by atoms with van der Waals surface area (Å²) < 4.78 is 0. The summed E-state index contributed by atoms with van der Waals surface area (Å²) in [5.74, 6) is -1.43. The molecule has 1 aliphatic rings. The van der Waals surface area contributed by atoms with Crippen LogP contribution in [-0.2, 0) is 22.4 Å². The van der Waals surface area contributed by atoms with E-state index in [0.717, 1.165) is 18.4 Å². The number of hydrogen-bond donors (Lipinski definition) is 2. The summed E-state index contributed by atoms with van der Waals surface area (Å²) in [6, 6.07) is 12.6. The van der Waals surface area contributed by atoms with Crippen molar-refractivity contribution in [3.63, 3.8) is 0 Å². The second-order valence-electron chi connectivity index (χ2n) is 7.26. The Bertz CT molecular complexity index is 887. The van der Waals surface area contributed by atoms with Crippen molar-refractivity contribution in [1.82, 2.24) is 5.32 Å². The molecule has 5 heteroatoms. The van der Waals surface area contributed by atoms with Crippen LogP contribution in [0.15, 0.2) is 42.5 Å². The van der Waals surface area contributed by atoms with E-state index < -0.39 is 11.8 Å². The lowest BCUT2D eigenvalue weighted by molar-refractivity contribution is -0.136. The quantitative estimate of drug-likeness (QED) is 0.610. The van der Waals surface area contributed by atoms with E-state index in [1.54, 1.807) is 24.3 Å². The lowest BCUT2D eigenvalue weighted by Crippen LogP contribution is -2.37. The van der Waals surface area contributed by atoms with E-state index in [9.17, 15) is 14.4 Å². The molecule has 0 aliphatic heterocycles. The van der Waals surface area contributed by atoms with Gasteiger partial charge in [-0.05, 0) is 80.0 Å². The fourth-order valence-corrected chi connectivity index (χ4v) is 3.59. The number of benzene rings is 2. The van der Waals surface area contributed by atoms with Gasteiger partial charge in [-0.25, -0.2) is 0 Å². The Morgan fingerprint density at radius 3 is 2.25 bits per heavy atom. The van der Waals surface area contributed by atoms with Gasteiger partial charge in [-0.3, -0.25) is 14.4 Å². The highest BCUT2D eigenvalue weighted by atomic mass is 16.2. The Morgan fingerprint density at radius 1 is 0.929 bits per heavy atom. The molecule has 0 saturated heterocycles. The Balaban J connectivity index is 1.64. The Morgan fingerprint density at radius 2 is 1.61 bits per heavy atom. The molecule has 1 atom stereocenters. The molecular formula is C23H26N2O3. The van der Waals surface area contributed by atoms with Crippen molar-refractivity contribution in [2.45, 2.75) is 52.0 Å². The first kappa shape index (κ1) is 19.8. The van der Waals surface area contributed by atoms with Crippen LogP contribution in [0.25, 0.3) is 0 Å². The largest absolute Gasteiger partial charge is 0.341 e. The van der Waals surface area contributed by atoms with E-state index >= 15 is 0 Å². The van der Waals surface area contributed by atoms with Crippen molar-refractivity contribution in [3.05, 3.63) is 64.7 Å². The van der Waals surface area contributed by atoms with Gasteiger partial charge in [-0.15, -0.1) is 0 Å². The highest BCUT2D eigenvalue weighted by Gasteiger charge is 2.20. The summed E-state index contributed by atoms with van der Waals surface area (Å²) in [5, 5.41) is 5.41. The van der Waals surface area contributed by atoms with Crippen molar-refractivity contribution < 1.29 is 14.4 Å². The molecule has 0 spiro atoms. The number of aryl methyl sites for hydroxylation is 2. The number of ketones is 1. The molecule has 0 saturated carbocycles. The highest BCUT2D eigenvalue weighted by Crippen LogP contribution is 2.26. The zero-order valence-corrected chi connectivity index (χ0v) is 16.4. The fraction of sp³-hybridized carbons (Fsp3) is 0.348. The topological polar surface area (TPSA) is 75.3 Å². The summed E-state index contributed by atoms with van der Waals surface area (Å²) in [4.78, 5) is 35.9. The van der Waals surface area contributed by atoms with Gasteiger partial charge in [0.1, 0.15) is 0 Å². The molecule has 3 rings (SSSR count). The SMILES string of the molecule is CCC(NC(=O)C(=O)Nc1ccc(C(C)=O)cc1)c1ccc2c(c1)CCCC2. The van der Waals surface area contributed by atoms with Crippen LogP contribution in [0, 0.1) is 0 Å². The molecule has 2 aromatic carbocycles.